The first-order valence-corrected chi connectivity index (χ1v) is 14.4. The number of rotatable bonds is 7. The Morgan fingerprint density at radius 2 is 1.79 bits per heavy atom. The van der Waals surface area contributed by atoms with Gasteiger partial charge in [0.2, 0.25) is 0 Å². The third kappa shape index (κ3) is 5.15. The molecule has 2 heterocycles. The second-order valence-electron chi connectivity index (χ2n) is 9.54. The van der Waals surface area contributed by atoms with Crippen molar-refractivity contribution in [1.82, 2.24) is 14.9 Å². The molecule has 2 saturated carbocycles. The van der Waals surface area contributed by atoms with E-state index >= 15 is 0 Å². The molecule has 1 aromatic carbocycles. The fourth-order valence-electron chi connectivity index (χ4n) is 5.60. The first-order chi connectivity index (χ1) is 15.9. The average molecular weight is 508 g/mol. The van der Waals surface area contributed by atoms with Gasteiger partial charge in [0.05, 0.1) is 6.54 Å². The molecule has 3 aliphatic rings. The zero-order valence-corrected chi connectivity index (χ0v) is 20.9. The highest BCUT2D eigenvalue weighted by atomic mass is 35.5. The van der Waals surface area contributed by atoms with Crippen molar-refractivity contribution in [3.05, 3.63) is 51.9 Å². The van der Waals surface area contributed by atoms with Crippen LogP contribution < -0.4 is 10.6 Å². The Balaban J connectivity index is 1.13. The van der Waals surface area contributed by atoms with Crippen LogP contribution in [0.5, 0.6) is 0 Å². The summed E-state index contributed by atoms with van der Waals surface area (Å²) < 4.78 is 28.3. The Hall–Kier alpha value is -1.45. The molecule has 1 aromatic heterocycles. The molecule has 5 rings (SSSR count). The van der Waals surface area contributed by atoms with Crippen LogP contribution in [0.25, 0.3) is 0 Å². The normalized spacial score (nSPS) is 26.0. The number of nitrogens with zero attached hydrogens (tertiary/aromatic N) is 1. The van der Waals surface area contributed by atoms with Crippen molar-refractivity contribution in [2.24, 2.45) is 11.8 Å². The van der Waals surface area contributed by atoms with Crippen LogP contribution in [0.2, 0.25) is 5.02 Å². The first kappa shape index (κ1) is 23.3. The van der Waals surface area contributed by atoms with E-state index in [1.807, 2.05) is 0 Å². The number of sulfonamides is 1. The molecule has 1 aliphatic heterocycles. The van der Waals surface area contributed by atoms with E-state index in [1.54, 1.807) is 40.7 Å². The molecular weight excluding hydrogens is 478 g/mol. The summed E-state index contributed by atoms with van der Waals surface area (Å²) in [5.74, 6) is 1.54. The van der Waals surface area contributed by atoms with Gasteiger partial charge >= 0.3 is 0 Å². The number of carbonyl (C=O) groups excluding carboxylic acids is 1. The minimum absolute atomic E-state index is 0.213. The number of nitrogens with one attached hydrogen (secondary N) is 2. The van der Waals surface area contributed by atoms with E-state index in [-0.39, 0.29) is 12.5 Å². The highest BCUT2D eigenvalue weighted by Gasteiger charge is 2.40. The van der Waals surface area contributed by atoms with Crippen LogP contribution in [0.15, 0.2) is 40.6 Å². The number of benzene rings is 1. The SMILES string of the molecule is O=C(NCc1ccc(S(=O)(=O)N2CCC(N[C@@H]3C[C@H]4CCC3C4)CC2)s1)c1ccc(Cl)cc1. The molecule has 1 unspecified atom stereocenters. The maximum absolute atomic E-state index is 13.2. The largest absolute Gasteiger partial charge is 0.347 e. The Morgan fingerprint density at radius 3 is 2.45 bits per heavy atom. The number of fused-ring (bicyclic) bond motifs is 2. The summed E-state index contributed by atoms with van der Waals surface area (Å²) in [7, 11) is -3.50. The minimum Gasteiger partial charge on any atom is -0.347 e. The van der Waals surface area contributed by atoms with Crippen molar-refractivity contribution < 1.29 is 13.2 Å². The molecule has 1 saturated heterocycles. The summed E-state index contributed by atoms with van der Waals surface area (Å²) in [6.07, 6.45) is 7.16. The standard InChI is InChI=1S/C24H30ClN3O3S2/c25-19-5-3-17(4-6-19)24(29)26-15-21-7-8-23(32-21)33(30,31)28-11-9-20(10-12-28)27-22-14-16-1-2-18(22)13-16/h3-8,16,18,20,22,27H,1-2,9-15H2,(H,26,29)/t16-,18?,22+/m0/s1. The molecule has 2 N–H and O–H groups in total. The maximum atomic E-state index is 13.2. The van der Waals surface area contributed by atoms with Gasteiger partial charge in [0.15, 0.2) is 0 Å². The fraction of sp³-hybridized carbons (Fsp3) is 0.542. The number of amides is 1. The number of thiophene rings is 1. The summed E-state index contributed by atoms with van der Waals surface area (Å²) in [5, 5.41) is 7.26. The summed E-state index contributed by atoms with van der Waals surface area (Å²) in [6, 6.07) is 11.2. The van der Waals surface area contributed by atoms with Gasteiger partial charge in [-0.2, -0.15) is 4.31 Å². The molecule has 178 valence electrons. The van der Waals surface area contributed by atoms with E-state index in [2.05, 4.69) is 10.6 Å². The van der Waals surface area contributed by atoms with Gasteiger partial charge in [0.1, 0.15) is 4.21 Å². The Bertz CT molecular complexity index is 1090. The maximum Gasteiger partial charge on any atom is 0.252 e. The van der Waals surface area contributed by atoms with Crippen molar-refractivity contribution in [2.75, 3.05) is 13.1 Å². The molecular formula is C24H30ClN3O3S2. The highest BCUT2D eigenvalue weighted by molar-refractivity contribution is 7.91. The molecule has 2 aliphatic carbocycles. The molecule has 3 fully saturated rings. The summed E-state index contributed by atoms with van der Waals surface area (Å²) in [4.78, 5) is 13.1. The molecule has 2 bridgehead atoms. The Labute approximate surface area is 204 Å². The Kier molecular flexibility index (Phi) is 6.82. The molecule has 2 aromatic rings. The lowest BCUT2D eigenvalue weighted by atomic mass is 9.93. The van der Waals surface area contributed by atoms with Crippen LogP contribution in [0.4, 0.5) is 0 Å². The molecule has 6 nitrogen and oxygen atoms in total. The second kappa shape index (κ2) is 9.66. The number of hydrogen-bond acceptors (Lipinski definition) is 5. The van der Waals surface area contributed by atoms with Gasteiger partial charge in [-0.05, 0) is 80.3 Å². The topological polar surface area (TPSA) is 78.5 Å². The van der Waals surface area contributed by atoms with Gasteiger partial charge in [-0.3, -0.25) is 4.79 Å². The van der Waals surface area contributed by atoms with Crippen LogP contribution in [0.3, 0.4) is 0 Å². The minimum atomic E-state index is -3.50. The zero-order valence-electron chi connectivity index (χ0n) is 18.5. The average Bonchev–Trinajstić information content (AvgIpc) is 3.56. The summed E-state index contributed by atoms with van der Waals surface area (Å²) in [5.41, 5.74) is 0.519. The van der Waals surface area contributed by atoms with Gasteiger partial charge in [0, 0.05) is 40.6 Å². The predicted molar refractivity (Wildman–Crippen MR) is 131 cm³/mol. The van der Waals surface area contributed by atoms with Gasteiger partial charge in [-0.25, -0.2) is 8.42 Å². The van der Waals surface area contributed by atoms with E-state index in [9.17, 15) is 13.2 Å². The molecule has 0 spiro atoms. The lowest BCUT2D eigenvalue weighted by Gasteiger charge is -2.35. The van der Waals surface area contributed by atoms with E-state index in [4.69, 9.17) is 11.6 Å². The van der Waals surface area contributed by atoms with E-state index < -0.39 is 10.0 Å². The summed E-state index contributed by atoms with van der Waals surface area (Å²) >= 11 is 7.09. The number of carbonyl (C=O) groups is 1. The first-order valence-electron chi connectivity index (χ1n) is 11.8. The van der Waals surface area contributed by atoms with Gasteiger partial charge in [0.25, 0.3) is 15.9 Å². The van der Waals surface area contributed by atoms with Gasteiger partial charge in [-0.15, -0.1) is 11.3 Å². The Morgan fingerprint density at radius 1 is 1.03 bits per heavy atom. The van der Waals surface area contributed by atoms with E-state index in [0.29, 0.717) is 40.0 Å². The third-order valence-electron chi connectivity index (χ3n) is 7.40. The molecule has 0 radical (unpaired) electrons. The molecule has 33 heavy (non-hydrogen) atoms. The van der Waals surface area contributed by atoms with Crippen LogP contribution >= 0.6 is 22.9 Å². The quantitative estimate of drug-likeness (QED) is 0.587. The number of hydrogen-bond donors (Lipinski definition) is 2. The number of halogens is 1. The smallest absolute Gasteiger partial charge is 0.252 e. The zero-order chi connectivity index (χ0) is 23.0. The van der Waals surface area contributed by atoms with Crippen LogP contribution in [0.1, 0.15) is 53.8 Å². The lowest BCUT2D eigenvalue weighted by molar-refractivity contribution is 0.0951. The highest BCUT2D eigenvalue weighted by Crippen LogP contribution is 2.44. The fourth-order valence-corrected chi connectivity index (χ4v) is 8.65. The van der Waals surface area contributed by atoms with Crippen LogP contribution in [-0.2, 0) is 16.6 Å². The van der Waals surface area contributed by atoms with Crippen LogP contribution in [0, 0.1) is 11.8 Å². The predicted octanol–water partition coefficient (Wildman–Crippen LogP) is 4.26. The molecule has 1 amide bonds. The van der Waals surface area contributed by atoms with Crippen molar-refractivity contribution in [3.63, 3.8) is 0 Å². The second-order valence-corrected chi connectivity index (χ2v) is 13.3. The monoisotopic (exact) mass is 507 g/mol. The van der Waals surface area contributed by atoms with Crippen molar-refractivity contribution in [2.45, 2.75) is 61.4 Å². The summed E-state index contributed by atoms with van der Waals surface area (Å²) in [6.45, 7) is 1.40. The van der Waals surface area contributed by atoms with Gasteiger partial charge in [-0.1, -0.05) is 18.0 Å². The van der Waals surface area contributed by atoms with Crippen molar-refractivity contribution in [3.8, 4) is 0 Å². The number of piperidine rings is 1. The van der Waals surface area contributed by atoms with Gasteiger partial charge < -0.3 is 10.6 Å². The van der Waals surface area contributed by atoms with Crippen LogP contribution in [-0.4, -0.2) is 43.8 Å². The third-order valence-corrected chi connectivity index (χ3v) is 11.1. The lowest BCUT2D eigenvalue weighted by Crippen LogP contribution is -2.48. The van der Waals surface area contributed by atoms with E-state index in [1.165, 1.54) is 37.0 Å². The molecule has 3 atom stereocenters. The van der Waals surface area contributed by atoms with E-state index in [0.717, 1.165) is 29.6 Å². The molecule has 9 heteroatoms. The van der Waals surface area contributed by atoms with Crippen molar-refractivity contribution in [1.29, 1.82) is 0 Å². The van der Waals surface area contributed by atoms with Crippen molar-refractivity contribution >= 4 is 38.9 Å².